The van der Waals surface area contributed by atoms with Gasteiger partial charge in [0.25, 0.3) is 5.69 Å². The zero-order valence-corrected chi connectivity index (χ0v) is 26.8. The monoisotopic (exact) mass is 926 g/mol. The molecule has 2 aliphatic rings. The molecule has 18 nitrogen and oxygen atoms in total. The van der Waals surface area contributed by atoms with Crippen LogP contribution in [0.5, 0.6) is 0 Å². The summed E-state index contributed by atoms with van der Waals surface area (Å²) < 4.78 is 33.2. The quantitative estimate of drug-likeness (QED) is 0.0789. The van der Waals surface area contributed by atoms with Crippen molar-refractivity contribution in [1.82, 2.24) is 21.9 Å². The number of amides is 1. The van der Waals surface area contributed by atoms with Crippen LogP contribution in [0.4, 0.5) is 20.3 Å². The molecular weight excluding hydrogens is 898 g/mol. The summed E-state index contributed by atoms with van der Waals surface area (Å²) in [6.07, 6.45) is -3.76. The fourth-order valence-electron chi connectivity index (χ4n) is 3.55. The van der Waals surface area contributed by atoms with Gasteiger partial charge in [0.05, 0.1) is 27.0 Å². The molecule has 0 spiro atoms. The van der Waals surface area contributed by atoms with Gasteiger partial charge in [0.15, 0.2) is 6.10 Å². The number of carbonyl (C=O) groups is 3. The van der Waals surface area contributed by atoms with Crippen LogP contribution in [0.15, 0.2) is 35.3 Å². The molecule has 12 N–H and O–H groups in total. The number of aliphatic carboxylic acids is 2. The van der Waals surface area contributed by atoms with Crippen molar-refractivity contribution < 1.29 is 74.3 Å². The number of hydrogen-bond acceptors (Lipinski definition) is 15. The van der Waals surface area contributed by atoms with Crippen LogP contribution in [0.1, 0.15) is 35.8 Å². The normalized spacial score (nSPS) is 20.2. The molecule has 248 valence electrons. The fourth-order valence-corrected chi connectivity index (χ4v) is 4.08. The number of alkyl halides is 2. The number of rotatable bonds is 6. The van der Waals surface area contributed by atoms with E-state index in [2.05, 4.69) is 4.98 Å². The standard InChI is InChI=1S/C9H11F2N3O4.C7H5IN2O3.C6H8O4.2H3N.Pt/c10-9(11)6(16)4(3-15)18-7(9)14-2-1-5(12)13-8(14)17;8-5-2-1-4(7(9)11)3-6(5)10(12)13;7-4(8)6(5(9)10)2-1-3-6;;;/h1-2,4,6-7,15-16H,3H2,(H2,12,13,17);1-3H,(H2,9,11);1-3H2,(H,7,8)(H,9,10);2*1H3;/q;;;;;+2/p-2/t4-,6-,7-;;;;;/m1...../s1. The molecule has 2 aromatic rings. The molecule has 0 unspecified atom stereocenters. The van der Waals surface area contributed by atoms with Crippen LogP contribution < -0.4 is 39.7 Å². The molecule has 0 radical (unpaired) electrons. The van der Waals surface area contributed by atoms with Crippen LogP contribution in [0, 0.1) is 19.1 Å². The zero-order chi connectivity index (χ0) is 31.3. The third-order valence-corrected chi connectivity index (χ3v) is 6.99. The van der Waals surface area contributed by atoms with Gasteiger partial charge in [-0.05, 0) is 53.6 Å². The predicted octanol–water partition coefficient (Wildman–Crippen LogP) is -2.01. The molecule has 1 aliphatic heterocycles. The van der Waals surface area contributed by atoms with E-state index < -0.39 is 64.8 Å². The van der Waals surface area contributed by atoms with E-state index >= 15 is 0 Å². The summed E-state index contributed by atoms with van der Waals surface area (Å²) in [6, 6.07) is 5.26. The van der Waals surface area contributed by atoms with E-state index in [1.165, 1.54) is 18.2 Å². The van der Waals surface area contributed by atoms with Gasteiger partial charge in [-0.15, -0.1) is 0 Å². The average molecular weight is 926 g/mol. The molecule has 22 heteroatoms. The molecule has 1 aliphatic carbocycles. The number of hydrogen-bond donors (Lipinski definition) is 6. The van der Waals surface area contributed by atoms with Crippen molar-refractivity contribution in [1.29, 1.82) is 0 Å². The van der Waals surface area contributed by atoms with E-state index in [9.17, 15) is 53.4 Å². The van der Waals surface area contributed by atoms with Crippen LogP contribution in [0.3, 0.4) is 0 Å². The number of carboxylic acids is 2. The Morgan fingerprint density at radius 1 is 1.18 bits per heavy atom. The molecule has 1 saturated heterocycles. The van der Waals surface area contributed by atoms with Gasteiger partial charge in [0.2, 0.25) is 12.1 Å². The Hall–Kier alpha value is -3.21. The summed E-state index contributed by atoms with van der Waals surface area (Å²) in [5.41, 5.74) is 7.56. The zero-order valence-electron chi connectivity index (χ0n) is 22.4. The first-order valence-corrected chi connectivity index (χ1v) is 12.4. The smallest absolute Gasteiger partial charge is 0.549 e. The summed E-state index contributed by atoms with van der Waals surface area (Å²) in [5, 5.41) is 49.0. The van der Waals surface area contributed by atoms with Crippen molar-refractivity contribution in [3.63, 3.8) is 0 Å². The largest absolute Gasteiger partial charge is 2.00 e. The Labute approximate surface area is 274 Å². The van der Waals surface area contributed by atoms with Crippen molar-refractivity contribution >= 4 is 51.9 Å². The average Bonchev–Trinajstić information content (AvgIpc) is 3.07. The van der Waals surface area contributed by atoms with Gasteiger partial charge in [-0.2, -0.15) is 13.8 Å². The van der Waals surface area contributed by atoms with Gasteiger partial charge in [-0.25, -0.2) is 4.79 Å². The van der Waals surface area contributed by atoms with Crippen molar-refractivity contribution in [3.8, 4) is 0 Å². The van der Waals surface area contributed by atoms with Crippen LogP contribution in [-0.2, 0) is 35.4 Å². The second-order valence-corrected chi connectivity index (χ2v) is 9.83. The number of primary amides is 1. The minimum atomic E-state index is -3.71. The summed E-state index contributed by atoms with van der Waals surface area (Å²) in [7, 11) is 0. The Kier molecular flexibility index (Phi) is 16.9. The molecule has 44 heavy (non-hydrogen) atoms. The first-order valence-electron chi connectivity index (χ1n) is 11.3. The molecular formula is C22H28F2IN7O11Pt. The molecule has 1 saturated carbocycles. The van der Waals surface area contributed by atoms with Crippen molar-refractivity contribution in [2.45, 2.75) is 43.6 Å². The van der Waals surface area contributed by atoms with E-state index in [0.717, 1.165) is 12.3 Å². The van der Waals surface area contributed by atoms with Crippen LogP contribution in [0.25, 0.3) is 0 Å². The van der Waals surface area contributed by atoms with E-state index in [1.807, 2.05) is 22.6 Å². The second-order valence-electron chi connectivity index (χ2n) is 8.67. The van der Waals surface area contributed by atoms with Crippen LogP contribution >= 0.6 is 22.6 Å². The third kappa shape index (κ3) is 9.39. The summed E-state index contributed by atoms with van der Waals surface area (Å²) in [4.78, 5) is 55.7. The first kappa shape index (κ1) is 42.9. The number of nitrogen functional groups attached to an aromatic ring is 1. The van der Waals surface area contributed by atoms with Crippen LogP contribution in [-0.4, -0.2) is 67.3 Å². The van der Waals surface area contributed by atoms with Gasteiger partial charge in [0.1, 0.15) is 11.9 Å². The number of nitro benzene ring substituents is 1. The number of halogens is 3. The summed E-state index contributed by atoms with van der Waals surface area (Å²) >= 11 is 1.82. The first-order chi connectivity index (χ1) is 19.0. The Balaban J connectivity index is 0. The molecule has 1 amide bonds. The van der Waals surface area contributed by atoms with Crippen molar-refractivity contribution in [2.75, 3.05) is 12.3 Å². The number of carbonyl (C=O) groups excluding carboxylic acids is 3. The molecule has 3 atom stereocenters. The number of nitrogens with two attached hydrogens (primary N) is 2. The number of aromatic nitrogens is 2. The number of ether oxygens (including phenoxy) is 1. The number of anilines is 1. The van der Waals surface area contributed by atoms with Crippen LogP contribution in [0.2, 0.25) is 0 Å². The minimum absolute atomic E-state index is 0. The van der Waals surface area contributed by atoms with E-state index in [4.69, 9.17) is 21.3 Å². The maximum Gasteiger partial charge on any atom is 2.00 e. The van der Waals surface area contributed by atoms with Crippen molar-refractivity contribution in [3.05, 3.63) is 60.2 Å². The van der Waals surface area contributed by atoms with Gasteiger partial charge >= 0.3 is 32.7 Å². The van der Waals surface area contributed by atoms with Gasteiger partial charge in [0, 0.05) is 23.2 Å². The van der Waals surface area contributed by atoms with Gasteiger partial charge in [-0.1, -0.05) is 6.42 Å². The topological polar surface area (TPSA) is 347 Å². The number of nitro groups is 1. The maximum atomic E-state index is 13.7. The number of aliphatic hydroxyl groups is 2. The third-order valence-electron chi connectivity index (χ3n) is 6.08. The minimum Gasteiger partial charge on any atom is -0.549 e. The summed E-state index contributed by atoms with van der Waals surface area (Å²) in [5.74, 6) is -7.52. The molecule has 1 aromatic heterocycles. The molecule has 0 bridgehead atoms. The molecule has 1 aromatic carbocycles. The van der Waals surface area contributed by atoms with Crippen molar-refractivity contribution in [2.24, 2.45) is 11.1 Å². The Morgan fingerprint density at radius 3 is 2.07 bits per heavy atom. The predicted molar refractivity (Wildman–Crippen MR) is 146 cm³/mol. The number of aliphatic hydroxyl groups excluding tert-OH is 2. The fraction of sp³-hybridized carbons (Fsp3) is 0.409. The van der Waals surface area contributed by atoms with E-state index in [0.29, 0.717) is 14.6 Å². The summed E-state index contributed by atoms with van der Waals surface area (Å²) in [6.45, 7) is -0.787. The molecule has 2 fully saturated rings. The molecule has 4 rings (SSSR count). The Morgan fingerprint density at radius 2 is 1.73 bits per heavy atom. The SMILES string of the molecule is N.N.NC(=O)c1ccc(I)c([N+](=O)[O-])c1.Nc1ccn([C@@H]2O[C@H](CO)[C@@H](O)C2(F)F)c(=O)n1.O=C([O-])C1(C(=O)[O-])CCC1.[Pt+2]. The van der Waals surface area contributed by atoms with E-state index in [-0.39, 0.29) is 63.3 Å². The maximum absolute atomic E-state index is 13.7. The van der Waals surface area contributed by atoms with Gasteiger partial charge < -0.3 is 58.5 Å². The number of benzene rings is 1. The van der Waals surface area contributed by atoms with Gasteiger partial charge in [-0.3, -0.25) is 19.5 Å². The van der Waals surface area contributed by atoms with E-state index in [1.54, 1.807) is 0 Å². The molecule has 2 heterocycles. The Bertz CT molecular complexity index is 1380. The number of nitrogens with zero attached hydrogens (tertiary/aromatic N) is 3. The number of carboxylic acid groups (broad SMARTS) is 2. The second kappa shape index (κ2) is 17.3.